The molecule has 1 N–H and O–H groups in total. The lowest BCUT2D eigenvalue weighted by atomic mass is 10.1. The molecule has 0 spiro atoms. The van der Waals surface area contributed by atoms with Gasteiger partial charge in [-0.2, -0.15) is 4.31 Å². The molecule has 0 fully saturated rings. The van der Waals surface area contributed by atoms with Crippen LogP contribution in [-0.4, -0.2) is 17.8 Å². The van der Waals surface area contributed by atoms with Crippen LogP contribution in [0.5, 0.6) is 0 Å². The van der Waals surface area contributed by atoms with E-state index in [2.05, 4.69) is 0 Å². The van der Waals surface area contributed by atoms with E-state index in [9.17, 15) is 8.42 Å². The highest BCUT2D eigenvalue weighted by molar-refractivity contribution is 7.89. The Labute approximate surface area is 122 Å². The van der Waals surface area contributed by atoms with Crippen LogP contribution in [0, 0.1) is 6.92 Å². The lowest BCUT2D eigenvalue weighted by Gasteiger charge is -2.15. The third-order valence-electron chi connectivity index (χ3n) is 3.51. The number of thiophene rings is 1. The van der Waals surface area contributed by atoms with Gasteiger partial charge in [0, 0.05) is 22.8 Å². The molecule has 0 bridgehead atoms. The Morgan fingerprint density at radius 1 is 1.25 bits per heavy atom. The van der Waals surface area contributed by atoms with E-state index in [4.69, 9.17) is 5.11 Å². The summed E-state index contributed by atoms with van der Waals surface area (Å²) in [5, 5.41) is 9.15. The van der Waals surface area contributed by atoms with Gasteiger partial charge in [0.05, 0.1) is 11.5 Å². The van der Waals surface area contributed by atoms with E-state index in [0.29, 0.717) is 22.9 Å². The van der Waals surface area contributed by atoms with Gasteiger partial charge in [0.25, 0.3) is 0 Å². The van der Waals surface area contributed by atoms with E-state index in [1.165, 1.54) is 15.6 Å². The summed E-state index contributed by atoms with van der Waals surface area (Å²) in [7, 11) is -3.49. The van der Waals surface area contributed by atoms with Crippen molar-refractivity contribution in [1.29, 1.82) is 0 Å². The Bertz CT molecular complexity index is 725. The predicted octanol–water partition coefficient (Wildman–Crippen LogP) is 2.25. The molecule has 1 aromatic carbocycles. The van der Waals surface area contributed by atoms with E-state index in [1.54, 1.807) is 13.0 Å². The summed E-state index contributed by atoms with van der Waals surface area (Å²) in [6, 6.07) is 9.36. The molecule has 0 amide bonds. The molecule has 6 heteroatoms. The number of hydrogen-bond acceptors (Lipinski definition) is 4. The van der Waals surface area contributed by atoms with Crippen LogP contribution < -0.4 is 0 Å². The number of aryl methyl sites for hydroxylation is 1. The maximum Gasteiger partial charge on any atom is 0.244 e. The van der Waals surface area contributed by atoms with Crippen molar-refractivity contribution in [3.63, 3.8) is 0 Å². The molecule has 3 rings (SSSR count). The highest BCUT2D eigenvalue weighted by Gasteiger charge is 2.32. The van der Waals surface area contributed by atoms with Gasteiger partial charge in [0.1, 0.15) is 0 Å². The first-order valence-electron chi connectivity index (χ1n) is 6.29. The van der Waals surface area contributed by atoms with Crippen molar-refractivity contribution in [2.45, 2.75) is 31.5 Å². The molecular formula is C14H15NO3S2. The number of fused-ring (bicyclic) bond motifs is 1. The highest BCUT2D eigenvalue weighted by atomic mass is 32.2. The second-order valence-electron chi connectivity index (χ2n) is 4.83. The molecule has 0 atom stereocenters. The standard InChI is InChI=1S/C14H15NO3S2/c1-10-14(6-13(9-16)19-10)20(17,18)15-7-11-4-2-3-5-12(11)8-15/h2-6,16H,7-9H2,1H3. The van der Waals surface area contributed by atoms with Crippen molar-refractivity contribution in [3.05, 3.63) is 51.2 Å². The average molecular weight is 309 g/mol. The molecule has 1 aliphatic rings. The summed E-state index contributed by atoms with van der Waals surface area (Å²) >= 11 is 1.33. The summed E-state index contributed by atoms with van der Waals surface area (Å²) in [5.74, 6) is 0. The third-order valence-corrected chi connectivity index (χ3v) is 6.59. The van der Waals surface area contributed by atoms with Crippen LogP contribution in [0.3, 0.4) is 0 Å². The summed E-state index contributed by atoms with van der Waals surface area (Å²) in [5.41, 5.74) is 2.12. The molecule has 2 heterocycles. The fourth-order valence-corrected chi connectivity index (χ4v) is 5.33. The zero-order valence-electron chi connectivity index (χ0n) is 11.0. The SMILES string of the molecule is Cc1sc(CO)cc1S(=O)(=O)N1Cc2ccccc2C1. The quantitative estimate of drug-likeness (QED) is 0.946. The number of aliphatic hydroxyl groups is 1. The van der Waals surface area contributed by atoms with Crippen LogP contribution in [0.15, 0.2) is 35.2 Å². The number of aliphatic hydroxyl groups excluding tert-OH is 1. The highest BCUT2D eigenvalue weighted by Crippen LogP contribution is 2.33. The maximum atomic E-state index is 12.7. The Hall–Kier alpha value is -1.21. The molecule has 0 unspecified atom stereocenters. The minimum atomic E-state index is -3.49. The number of sulfonamides is 1. The average Bonchev–Trinajstić information content (AvgIpc) is 3.02. The van der Waals surface area contributed by atoms with Crippen molar-refractivity contribution < 1.29 is 13.5 Å². The topological polar surface area (TPSA) is 57.6 Å². The van der Waals surface area contributed by atoms with Gasteiger partial charge in [-0.3, -0.25) is 0 Å². The van der Waals surface area contributed by atoms with Crippen LogP contribution in [-0.2, 0) is 29.7 Å². The van der Waals surface area contributed by atoms with Crippen LogP contribution >= 0.6 is 11.3 Å². The van der Waals surface area contributed by atoms with Crippen molar-refractivity contribution in [3.8, 4) is 0 Å². The lowest BCUT2D eigenvalue weighted by molar-refractivity contribution is 0.285. The van der Waals surface area contributed by atoms with Crippen molar-refractivity contribution >= 4 is 21.4 Å². The molecule has 20 heavy (non-hydrogen) atoms. The Kier molecular flexibility index (Phi) is 3.41. The molecule has 2 aromatic rings. The Balaban J connectivity index is 1.96. The van der Waals surface area contributed by atoms with Gasteiger partial charge in [-0.15, -0.1) is 11.3 Å². The second kappa shape index (κ2) is 4.96. The lowest BCUT2D eigenvalue weighted by Crippen LogP contribution is -2.25. The fourth-order valence-electron chi connectivity index (χ4n) is 2.47. The Morgan fingerprint density at radius 3 is 2.35 bits per heavy atom. The summed E-state index contributed by atoms with van der Waals surface area (Å²) in [6.45, 7) is 2.49. The molecule has 0 saturated heterocycles. The summed E-state index contributed by atoms with van der Waals surface area (Å²) in [4.78, 5) is 1.72. The van der Waals surface area contributed by atoms with Gasteiger partial charge >= 0.3 is 0 Å². The molecule has 1 aliphatic heterocycles. The maximum absolute atomic E-state index is 12.7. The van der Waals surface area contributed by atoms with E-state index >= 15 is 0 Å². The summed E-state index contributed by atoms with van der Waals surface area (Å²) < 4.78 is 26.9. The van der Waals surface area contributed by atoms with Crippen molar-refractivity contribution in [1.82, 2.24) is 4.31 Å². The predicted molar refractivity (Wildman–Crippen MR) is 77.9 cm³/mol. The van der Waals surface area contributed by atoms with Gasteiger partial charge in [0.15, 0.2) is 0 Å². The largest absolute Gasteiger partial charge is 0.391 e. The first-order valence-corrected chi connectivity index (χ1v) is 8.55. The van der Waals surface area contributed by atoms with E-state index < -0.39 is 10.0 Å². The van der Waals surface area contributed by atoms with Gasteiger partial charge in [-0.1, -0.05) is 24.3 Å². The molecule has 106 valence electrons. The molecule has 1 aromatic heterocycles. The van der Waals surface area contributed by atoms with Crippen LogP contribution in [0.25, 0.3) is 0 Å². The van der Waals surface area contributed by atoms with E-state index in [0.717, 1.165) is 16.0 Å². The monoisotopic (exact) mass is 309 g/mol. The molecule has 0 radical (unpaired) electrons. The minimum Gasteiger partial charge on any atom is -0.391 e. The van der Waals surface area contributed by atoms with Gasteiger partial charge in [-0.25, -0.2) is 8.42 Å². The minimum absolute atomic E-state index is 0.124. The first-order chi connectivity index (χ1) is 9.52. The van der Waals surface area contributed by atoms with Crippen LogP contribution in [0.2, 0.25) is 0 Å². The molecule has 4 nitrogen and oxygen atoms in total. The molecule has 0 saturated carbocycles. The van der Waals surface area contributed by atoms with Gasteiger partial charge in [0.2, 0.25) is 10.0 Å². The number of benzene rings is 1. The van der Waals surface area contributed by atoms with Gasteiger partial charge in [-0.05, 0) is 24.1 Å². The second-order valence-corrected chi connectivity index (χ2v) is 8.08. The van der Waals surface area contributed by atoms with Crippen LogP contribution in [0.4, 0.5) is 0 Å². The van der Waals surface area contributed by atoms with Crippen LogP contribution in [0.1, 0.15) is 20.9 Å². The number of nitrogens with zero attached hydrogens (tertiary/aromatic N) is 1. The normalized spacial score (nSPS) is 15.5. The third kappa shape index (κ3) is 2.18. The van der Waals surface area contributed by atoms with Gasteiger partial charge < -0.3 is 5.11 Å². The van der Waals surface area contributed by atoms with Crippen molar-refractivity contribution in [2.24, 2.45) is 0 Å². The summed E-state index contributed by atoms with van der Waals surface area (Å²) in [6.07, 6.45) is 0. The molecular weight excluding hydrogens is 294 g/mol. The number of hydrogen-bond donors (Lipinski definition) is 1. The fraction of sp³-hybridized carbons (Fsp3) is 0.286. The number of rotatable bonds is 3. The smallest absolute Gasteiger partial charge is 0.244 e. The van der Waals surface area contributed by atoms with Crippen molar-refractivity contribution in [2.75, 3.05) is 0 Å². The molecule has 0 aliphatic carbocycles. The first kappa shape index (κ1) is 13.8. The zero-order chi connectivity index (χ0) is 14.3. The van der Waals surface area contributed by atoms with E-state index in [-0.39, 0.29) is 6.61 Å². The zero-order valence-corrected chi connectivity index (χ0v) is 12.7. The van der Waals surface area contributed by atoms with E-state index in [1.807, 2.05) is 24.3 Å². The Morgan fingerprint density at radius 2 is 1.85 bits per heavy atom.